The first-order chi connectivity index (χ1) is 14.2. The average molecular weight is 436 g/mol. The minimum atomic E-state index is -0.798. The maximum atomic E-state index is 12.4. The molecule has 3 rings (SSSR count). The number of carbonyl (C=O) groups excluding carboxylic acids is 1. The maximum absolute atomic E-state index is 12.4. The van der Waals surface area contributed by atoms with Crippen LogP contribution in [0.25, 0.3) is 11.0 Å². The van der Waals surface area contributed by atoms with Gasteiger partial charge in [-0.05, 0) is 64.0 Å². The molecule has 0 unspecified atom stereocenters. The van der Waals surface area contributed by atoms with Crippen LogP contribution in [0.5, 0.6) is 5.75 Å². The highest BCUT2D eigenvalue weighted by atomic mass is 35.5. The van der Waals surface area contributed by atoms with E-state index >= 15 is 0 Å². The highest BCUT2D eigenvalue weighted by molar-refractivity contribution is 6.32. The fourth-order valence-electron chi connectivity index (χ4n) is 3.78. The molecule has 2 N–H and O–H groups in total. The van der Waals surface area contributed by atoms with E-state index in [9.17, 15) is 14.4 Å². The molecule has 8 heteroatoms. The summed E-state index contributed by atoms with van der Waals surface area (Å²) in [6.07, 6.45) is 2.03. The first-order valence-corrected chi connectivity index (χ1v) is 10.5. The molecule has 0 saturated heterocycles. The van der Waals surface area contributed by atoms with Crippen molar-refractivity contribution in [3.63, 3.8) is 0 Å². The molecular formula is C22H26ClNO6. The standard InChI is InChI=1S/C22H26ClNO6/c1-11-12(2)22(28)30-18-9-19(17(23)8-16(11)18)29-13(3)20(25)24-10-14-4-6-15(7-5-14)21(26)27/h8-9,13-15H,4-7,10H2,1-3H3,(H,24,25)(H,26,27)/t13-,14?,15?/m1/s1. The Hall–Kier alpha value is -2.54. The van der Waals surface area contributed by atoms with E-state index in [-0.39, 0.29) is 23.5 Å². The van der Waals surface area contributed by atoms with Crippen LogP contribution >= 0.6 is 11.6 Å². The Bertz CT molecular complexity index is 1020. The molecule has 162 valence electrons. The molecule has 1 fully saturated rings. The molecule has 7 nitrogen and oxygen atoms in total. The Kier molecular flexibility index (Phi) is 6.71. The Balaban J connectivity index is 1.62. The fraction of sp³-hybridized carbons (Fsp3) is 0.500. The predicted octanol–water partition coefficient (Wildman–Crippen LogP) is 3.84. The zero-order valence-electron chi connectivity index (χ0n) is 17.3. The van der Waals surface area contributed by atoms with Crippen molar-refractivity contribution in [3.8, 4) is 5.75 Å². The van der Waals surface area contributed by atoms with Crippen LogP contribution in [0, 0.1) is 25.7 Å². The number of carbonyl (C=O) groups is 2. The third-order valence-corrected chi connectivity index (χ3v) is 6.24. The van der Waals surface area contributed by atoms with Crippen LogP contribution in [0.4, 0.5) is 0 Å². The fourth-order valence-corrected chi connectivity index (χ4v) is 3.99. The zero-order chi connectivity index (χ0) is 22.0. The minimum Gasteiger partial charge on any atom is -0.481 e. The number of carboxylic acid groups (broad SMARTS) is 1. The number of aryl methyl sites for hydroxylation is 1. The number of fused-ring (bicyclic) bond motifs is 1. The molecule has 0 aliphatic heterocycles. The van der Waals surface area contributed by atoms with E-state index < -0.39 is 17.7 Å². The van der Waals surface area contributed by atoms with Crippen molar-refractivity contribution in [3.05, 3.63) is 38.7 Å². The Labute approximate surface area is 179 Å². The van der Waals surface area contributed by atoms with Crippen LogP contribution in [0.2, 0.25) is 5.02 Å². The van der Waals surface area contributed by atoms with Crippen molar-refractivity contribution in [1.29, 1.82) is 0 Å². The van der Waals surface area contributed by atoms with Crippen LogP contribution < -0.4 is 15.7 Å². The van der Waals surface area contributed by atoms with Crippen molar-refractivity contribution in [2.45, 2.75) is 52.6 Å². The van der Waals surface area contributed by atoms with Gasteiger partial charge in [-0.25, -0.2) is 4.79 Å². The quantitative estimate of drug-likeness (QED) is 0.668. The molecule has 1 aromatic carbocycles. The van der Waals surface area contributed by atoms with Gasteiger partial charge in [0, 0.05) is 23.6 Å². The van der Waals surface area contributed by atoms with E-state index in [0.717, 1.165) is 23.8 Å². The first kappa shape index (κ1) is 22.2. The lowest BCUT2D eigenvalue weighted by atomic mass is 9.82. The van der Waals surface area contributed by atoms with E-state index in [1.807, 2.05) is 6.92 Å². The Morgan fingerprint density at radius 3 is 2.53 bits per heavy atom. The summed E-state index contributed by atoms with van der Waals surface area (Å²) in [6.45, 7) is 5.62. The lowest BCUT2D eigenvalue weighted by Gasteiger charge is -2.26. The molecule has 1 aliphatic rings. The van der Waals surface area contributed by atoms with E-state index in [1.54, 1.807) is 19.9 Å². The van der Waals surface area contributed by atoms with Crippen molar-refractivity contribution in [1.82, 2.24) is 5.32 Å². The molecule has 0 spiro atoms. The van der Waals surface area contributed by atoms with Crippen LogP contribution in [0.15, 0.2) is 21.3 Å². The zero-order valence-corrected chi connectivity index (χ0v) is 18.0. The second-order valence-corrected chi connectivity index (χ2v) is 8.39. The SMILES string of the molecule is Cc1c(C)c2cc(Cl)c(O[C@H](C)C(=O)NCC3CCC(C(=O)O)CC3)cc2oc1=O. The molecule has 30 heavy (non-hydrogen) atoms. The number of hydrogen-bond acceptors (Lipinski definition) is 5. The number of halogens is 1. The Morgan fingerprint density at radius 2 is 1.90 bits per heavy atom. The van der Waals surface area contributed by atoms with Crippen molar-refractivity contribution in [2.24, 2.45) is 11.8 Å². The van der Waals surface area contributed by atoms with Gasteiger partial charge in [-0.1, -0.05) is 11.6 Å². The summed E-state index contributed by atoms with van der Waals surface area (Å²) < 4.78 is 11.1. The minimum absolute atomic E-state index is 0.264. The molecule has 2 aromatic rings. The topological polar surface area (TPSA) is 106 Å². The summed E-state index contributed by atoms with van der Waals surface area (Å²) in [5.41, 5.74) is 1.25. The highest BCUT2D eigenvalue weighted by Crippen LogP contribution is 2.32. The van der Waals surface area contributed by atoms with Gasteiger partial charge < -0.3 is 19.6 Å². The van der Waals surface area contributed by atoms with E-state index in [1.165, 1.54) is 6.07 Å². The number of nitrogens with one attached hydrogen (secondary N) is 1. The van der Waals surface area contributed by atoms with Gasteiger partial charge in [-0.15, -0.1) is 0 Å². The number of ether oxygens (including phenoxy) is 1. The van der Waals surface area contributed by atoms with Crippen molar-refractivity contribution < 1.29 is 23.8 Å². The van der Waals surface area contributed by atoms with Crippen LogP contribution in [0.3, 0.4) is 0 Å². The molecule has 1 aliphatic carbocycles. The number of amides is 1. The molecular weight excluding hydrogens is 410 g/mol. The Morgan fingerprint density at radius 1 is 1.23 bits per heavy atom. The van der Waals surface area contributed by atoms with Gasteiger partial charge in [0.15, 0.2) is 6.10 Å². The number of hydrogen-bond donors (Lipinski definition) is 2. The molecule has 1 aromatic heterocycles. The van der Waals surface area contributed by atoms with E-state index in [0.29, 0.717) is 35.6 Å². The first-order valence-electron chi connectivity index (χ1n) is 10.1. The number of aliphatic carboxylic acids is 1. The molecule has 0 bridgehead atoms. The summed E-state index contributed by atoms with van der Waals surface area (Å²) in [5, 5.41) is 13.0. The predicted molar refractivity (Wildman–Crippen MR) is 113 cm³/mol. The monoisotopic (exact) mass is 435 g/mol. The number of rotatable bonds is 6. The lowest BCUT2D eigenvalue weighted by Crippen LogP contribution is -2.39. The summed E-state index contributed by atoms with van der Waals surface area (Å²) in [4.78, 5) is 35.4. The van der Waals surface area contributed by atoms with Crippen molar-refractivity contribution >= 4 is 34.4 Å². The largest absolute Gasteiger partial charge is 0.481 e. The molecule has 1 amide bonds. The highest BCUT2D eigenvalue weighted by Gasteiger charge is 2.26. The second-order valence-electron chi connectivity index (χ2n) is 7.98. The van der Waals surface area contributed by atoms with E-state index in [2.05, 4.69) is 5.32 Å². The third kappa shape index (κ3) is 4.78. The summed E-state index contributed by atoms with van der Waals surface area (Å²) >= 11 is 6.33. The van der Waals surface area contributed by atoms with Gasteiger partial charge in [0.1, 0.15) is 11.3 Å². The second kappa shape index (κ2) is 9.08. The molecule has 1 atom stereocenters. The normalized spacial score (nSPS) is 20.0. The van der Waals surface area contributed by atoms with Crippen molar-refractivity contribution in [2.75, 3.05) is 6.54 Å². The van der Waals surface area contributed by atoms with E-state index in [4.69, 9.17) is 25.9 Å². The molecule has 1 heterocycles. The third-order valence-electron chi connectivity index (χ3n) is 5.94. The molecule has 0 radical (unpaired) electrons. The number of benzene rings is 1. The van der Waals surface area contributed by atoms with Gasteiger partial charge in [-0.3, -0.25) is 9.59 Å². The van der Waals surface area contributed by atoms with Gasteiger partial charge in [0.2, 0.25) is 0 Å². The maximum Gasteiger partial charge on any atom is 0.339 e. The summed E-state index contributed by atoms with van der Waals surface area (Å²) in [6, 6.07) is 3.20. The van der Waals surface area contributed by atoms with Gasteiger partial charge in [0.25, 0.3) is 5.91 Å². The number of carboxylic acids is 1. The van der Waals surface area contributed by atoms with Crippen LogP contribution in [-0.4, -0.2) is 29.6 Å². The van der Waals surface area contributed by atoms with Gasteiger partial charge >= 0.3 is 11.6 Å². The van der Waals surface area contributed by atoms with Crippen LogP contribution in [0.1, 0.15) is 43.7 Å². The average Bonchev–Trinajstić information content (AvgIpc) is 2.72. The lowest BCUT2D eigenvalue weighted by molar-refractivity contribution is -0.143. The van der Waals surface area contributed by atoms with Crippen LogP contribution in [-0.2, 0) is 9.59 Å². The molecule has 1 saturated carbocycles. The van der Waals surface area contributed by atoms with Gasteiger partial charge in [-0.2, -0.15) is 0 Å². The summed E-state index contributed by atoms with van der Waals surface area (Å²) in [7, 11) is 0. The summed E-state index contributed by atoms with van der Waals surface area (Å²) in [5.74, 6) is -0.774. The van der Waals surface area contributed by atoms with Gasteiger partial charge in [0.05, 0.1) is 10.9 Å². The smallest absolute Gasteiger partial charge is 0.339 e.